The Kier molecular flexibility index (Phi) is 6.93. The fraction of sp³-hybridized carbons (Fsp3) is 0.778. The number of nitrogens with zero attached hydrogens (tertiary/aromatic N) is 1. The second-order valence-corrected chi connectivity index (χ2v) is 2.45. The molecule has 0 N–H and O–H groups in total. The van der Waals surface area contributed by atoms with Gasteiger partial charge in [0.25, 0.3) is 0 Å². The molecule has 0 aliphatic carbocycles. The van der Waals surface area contributed by atoms with Crippen molar-refractivity contribution < 1.29 is 14.3 Å². The van der Waals surface area contributed by atoms with Crippen LogP contribution in [-0.4, -0.2) is 25.8 Å². The number of rotatable bonds is 6. The lowest BCUT2D eigenvalue weighted by Crippen LogP contribution is -2.18. The normalized spacial score (nSPS) is 11.8. The van der Waals surface area contributed by atoms with E-state index in [1.807, 2.05) is 13.0 Å². The summed E-state index contributed by atoms with van der Waals surface area (Å²) in [7, 11) is 0. The summed E-state index contributed by atoms with van der Waals surface area (Å²) in [4.78, 5) is 11.1. The minimum Gasteiger partial charge on any atom is -0.462 e. The Morgan fingerprint density at radius 3 is 2.62 bits per heavy atom. The Morgan fingerprint density at radius 2 is 2.15 bits per heavy atom. The van der Waals surface area contributed by atoms with Gasteiger partial charge in [0.15, 0.2) is 0 Å². The van der Waals surface area contributed by atoms with Crippen molar-refractivity contribution in [2.75, 3.05) is 19.8 Å². The molecule has 0 amide bonds. The molecule has 0 saturated heterocycles. The molecule has 0 aromatic rings. The minimum atomic E-state index is -0.637. The molecule has 0 saturated carbocycles. The Morgan fingerprint density at radius 1 is 1.46 bits per heavy atom. The lowest BCUT2D eigenvalue weighted by atomic mass is 10.1. The van der Waals surface area contributed by atoms with Crippen LogP contribution in [0.1, 0.15) is 20.3 Å². The zero-order chi connectivity index (χ0) is 10.1. The van der Waals surface area contributed by atoms with Crippen molar-refractivity contribution in [3.05, 3.63) is 0 Å². The quantitative estimate of drug-likeness (QED) is 0.459. The molecule has 4 heteroatoms. The van der Waals surface area contributed by atoms with Crippen LogP contribution in [0, 0.1) is 17.2 Å². The van der Waals surface area contributed by atoms with E-state index in [4.69, 9.17) is 14.7 Å². The van der Waals surface area contributed by atoms with Crippen LogP contribution in [0.4, 0.5) is 0 Å². The molecule has 0 radical (unpaired) electrons. The average Bonchev–Trinajstić information content (AvgIpc) is 2.14. The Labute approximate surface area is 78.4 Å². The SMILES string of the molecule is CCOCCOC(=O)C(C#N)CC. The lowest BCUT2D eigenvalue weighted by Gasteiger charge is -2.06. The molecule has 0 heterocycles. The molecule has 0 aliphatic heterocycles. The first-order valence-corrected chi connectivity index (χ1v) is 4.40. The third kappa shape index (κ3) is 5.21. The van der Waals surface area contributed by atoms with Gasteiger partial charge in [-0.25, -0.2) is 0 Å². The van der Waals surface area contributed by atoms with E-state index in [0.29, 0.717) is 19.6 Å². The summed E-state index contributed by atoms with van der Waals surface area (Å²) in [5.74, 6) is -1.09. The minimum absolute atomic E-state index is 0.227. The highest BCUT2D eigenvalue weighted by atomic mass is 16.6. The first-order chi connectivity index (χ1) is 6.26. The summed E-state index contributed by atoms with van der Waals surface area (Å²) in [6, 6.07) is 1.88. The van der Waals surface area contributed by atoms with Gasteiger partial charge in [0.05, 0.1) is 12.7 Å². The highest BCUT2D eigenvalue weighted by Crippen LogP contribution is 2.02. The smallest absolute Gasteiger partial charge is 0.323 e. The molecule has 0 fully saturated rings. The first kappa shape index (κ1) is 11.9. The molecular formula is C9H15NO3. The van der Waals surface area contributed by atoms with Crippen molar-refractivity contribution in [2.45, 2.75) is 20.3 Å². The largest absolute Gasteiger partial charge is 0.462 e. The third-order valence-corrected chi connectivity index (χ3v) is 1.52. The molecule has 4 nitrogen and oxygen atoms in total. The summed E-state index contributed by atoms with van der Waals surface area (Å²) < 4.78 is 9.77. The molecule has 0 spiro atoms. The van der Waals surface area contributed by atoms with E-state index in [1.165, 1.54) is 0 Å². The second-order valence-electron chi connectivity index (χ2n) is 2.45. The van der Waals surface area contributed by atoms with Crippen LogP contribution >= 0.6 is 0 Å². The van der Waals surface area contributed by atoms with Crippen LogP contribution in [0.15, 0.2) is 0 Å². The van der Waals surface area contributed by atoms with Gasteiger partial charge in [0, 0.05) is 6.61 Å². The van der Waals surface area contributed by atoms with Crippen LogP contribution in [0.2, 0.25) is 0 Å². The van der Waals surface area contributed by atoms with E-state index >= 15 is 0 Å². The van der Waals surface area contributed by atoms with Gasteiger partial charge in [-0.1, -0.05) is 6.92 Å². The summed E-state index contributed by atoms with van der Waals surface area (Å²) in [5.41, 5.74) is 0. The Balaban J connectivity index is 3.56. The number of carbonyl (C=O) groups is 1. The van der Waals surface area contributed by atoms with Crippen LogP contribution in [0.3, 0.4) is 0 Å². The highest BCUT2D eigenvalue weighted by Gasteiger charge is 2.16. The van der Waals surface area contributed by atoms with Crippen molar-refractivity contribution in [1.29, 1.82) is 5.26 Å². The third-order valence-electron chi connectivity index (χ3n) is 1.52. The number of ether oxygens (including phenoxy) is 2. The molecule has 1 unspecified atom stereocenters. The van der Waals surface area contributed by atoms with Gasteiger partial charge in [-0.05, 0) is 13.3 Å². The summed E-state index contributed by atoms with van der Waals surface area (Å²) >= 11 is 0. The summed E-state index contributed by atoms with van der Waals surface area (Å²) in [6.07, 6.45) is 0.490. The van der Waals surface area contributed by atoms with E-state index < -0.39 is 11.9 Å². The molecular weight excluding hydrogens is 170 g/mol. The predicted molar refractivity (Wildman–Crippen MR) is 46.8 cm³/mol. The maximum atomic E-state index is 11.1. The van der Waals surface area contributed by atoms with E-state index in [0.717, 1.165) is 0 Å². The fourth-order valence-corrected chi connectivity index (χ4v) is 0.757. The standard InChI is InChI=1S/C9H15NO3/c1-3-8(7-10)9(11)13-6-5-12-4-2/h8H,3-6H2,1-2H3. The molecule has 74 valence electrons. The van der Waals surface area contributed by atoms with Crippen LogP contribution < -0.4 is 0 Å². The van der Waals surface area contributed by atoms with Gasteiger partial charge in [-0.15, -0.1) is 0 Å². The molecule has 0 aromatic carbocycles. The monoisotopic (exact) mass is 185 g/mol. The lowest BCUT2D eigenvalue weighted by molar-refractivity contribution is -0.148. The molecule has 13 heavy (non-hydrogen) atoms. The summed E-state index contributed by atoms with van der Waals surface area (Å²) in [5, 5.41) is 8.52. The zero-order valence-corrected chi connectivity index (χ0v) is 8.08. The zero-order valence-electron chi connectivity index (χ0n) is 8.08. The highest BCUT2D eigenvalue weighted by molar-refractivity contribution is 5.75. The van der Waals surface area contributed by atoms with E-state index in [9.17, 15) is 4.79 Å². The fourth-order valence-electron chi connectivity index (χ4n) is 0.757. The molecule has 0 aliphatic rings. The number of carbonyl (C=O) groups excluding carboxylic acids is 1. The van der Waals surface area contributed by atoms with Crippen LogP contribution in [0.25, 0.3) is 0 Å². The molecule has 0 aromatic heterocycles. The van der Waals surface area contributed by atoms with Crippen molar-refractivity contribution in [1.82, 2.24) is 0 Å². The van der Waals surface area contributed by atoms with Gasteiger partial charge < -0.3 is 9.47 Å². The molecule has 0 bridgehead atoms. The maximum absolute atomic E-state index is 11.1. The summed E-state index contributed by atoms with van der Waals surface area (Å²) in [6.45, 7) is 4.87. The van der Waals surface area contributed by atoms with Crippen molar-refractivity contribution in [2.24, 2.45) is 5.92 Å². The number of hydrogen-bond donors (Lipinski definition) is 0. The first-order valence-electron chi connectivity index (χ1n) is 4.40. The van der Waals surface area contributed by atoms with Gasteiger partial charge in [0.2, 0.25) is 0 Å². The van der Waals surface area contributed by atoms with Crippen LogP contribution in [-0.2, 0) is 14.3 Å². The second kappa shape index (κ2) is 7.56. The van der Waals surface area contributed by atoms with Crippen molar-refractivity contribution >= 4 is 5.97 Å². The van der Waals surface area contributed by atoms with E-state index in [1.54, 1.807) is 6.92 Å². The number of nitriles is 1. The van der Waals surface area contributed by atoms with Gasteiger partial charge in [-0.2, -0.15) is 5.26 Å². The van der Waals surface area contributed by atoms with E-state index in [-0.39, 0.29) is 6.61 Å². The predicted octanol–water partition coefficient (Wildman–Crippen LogP) is 1.12. The average molecular weight is 185 g/mol. The van der Waals surface area contributed by atoms with E-state index in [2.05, 4.69) is 0 Å². The van der Waals surface area contributed by atoms with Crippen LogP contribution in [0.5, 0.6) is 0 Å². The van der Waals surface area contributed by atoms with Gasteiger partial charge >= 0.3 is 5.97 Å². The molecule has 0 rings (SSSR count). The Hall–Kier alpha value is -1.08. The van der Waals surface area contributed by atoms with Gasteiger partial charge in [0.1, 0.15) is 12.5 Å². The molecule has 1 atom stereocenters. The Bertz CT molecular complexity index is 186. The number of hydrogen-bond acceptors (Lipinski definition) is 4. The van der Waals surface area contributed by atoms with Crippen molar-refractivity contribution in [3.63, 3.8) is 0 Å². The van der Waals surface area contributed by atoms with Crippen molar-refractivity contribution in [3.8, 4) is 6.07 Å². The topological polar surface area (TPSA) is 59.3 Å². The maximum Gasteiger partial charge on any atom is 0.323 e. The van der Waals surface area contributed by atoms with Gasteiger partial charge in [-0.3, -0.25) is 4.79 Å². The number of esters is 1.